The Morgan fingerprint density at radius 1 is 1.14 bits per heavy atom. The first-order chi connectivity index (χ1) is 10.4. The van der Waals surface area contributed by atoms with Crippen LogP contribution in [-0.2, 0) is 4.79 Å². The number of ether oxygens (including phenoxy) is 1. The molecule has 6 nitrogen and oxygen atoms in total. The Morgan fingerprint density at radius 3 is 2.41 bits per heavy atom. The van der Waals surface area contributed by atoms with Crippen LogP contribution in [0, 0.1) is 13.8 Å². The molecular weight excluding hydrogens is 284 g/mol. The lowest BCUT2D eigenvalue weighted by Gasteiger charge is -2.12. The molecule has 0 saturated heterocycles. The molecule has 1 heterocycles. The highest BCUT2D eigenvalue weighted by molar-refractivity contribution is 6.06. The number of anilines is 2. The fourth-order valence-electron chi connectivity index (χ4n) is 2.13. The number of aryl methyl sites for hydroxylation is 2. The Hall–Kier alpha value is -2.76. The summed E-state index contributed by atoms with van der Waals surface area (Å²) in [5.41, 5.74) is 1.50. The summed E-state index contributed by atoms with van der Waals surface area (Å²) in [5, 5.41) is 5.43. The number of carbonyl (C=O) groups excluding carboxylic acids is 2. The summed E-state index contributed by atoms with van der Waals surface area (Å²) >= 11 is 0. The fraction of sp³-hybridized carbons (Fsp3) is 0.250. The number of amides is 2. The highest BCUT2D eigenvalue weighted by atomic mass is 16.5. The van der Waals surface area contributed by atoms with Crippen LogP contribution in [-0.4, -0.2) is 18.9 Å². The first kappa shape index (κ1) is 15.6. The molecule has 2 N–H and O–H groups in total. The largest absolute Gasteiger partial charge is 0.495 e. The quantitative estimate of drug-likeness (QED) is 0.909. The highest BCUT2D eigenvalue weighted by Crippen LogP contribution is 2.28. The number of hydrogen-bond donors (Lipinski definition) is 2. The van der Waals surface area contributed by atoms with Crippen LogP contribution in [0.15, 0.2) is 28.7 Å². The molecule has 2 amide bonds. The molecule has 22 heavy (non-hydrogen) atoms. The van der Waals surface area contributed by atoms with E-state index < -0.39 is 0 Å². The lowest BCUT2D eigenvalue weighted by atomic mass is 10.2. The summed E-state index contributed by atoms with van der Waals surface area (Å²) in [5.74, 6) is 1.23. The van der Waals surface area contributed by atoms with Crippen LogP contribution in [0.5, 0.6) is 5.75 Å². The summed E-state index contributed by atoms with van der Waals surface area (Å²) in [4.78, 5) is 23.5. The van der Waals surface area contributed by atoms with Crippen LogP contribution in [0.4, 0.5) is 11.4 Å². The number of rotatable bonds is 4. The molecule has 0 saturated carbocycles. The smallest absolute Gasteiger partial charge is 0.259 e. The van der Waals surface area contributed by atoms with Gasteiger partial charge in [-0.25, -0.2) is 0 Å². The lowest BCUT2D eigenvalue weighted by molar-refractivity contribution is -0.114. The van der Waals surface area contributed by atoms with Crippen LogP contribution in [0.2, 0.25) is 0 Å². The van der Waals surface area contributed by atoms with E-state index in [0.29, 0.717) is 34.2 Å². The van der Waals surface area contributed by atoms with Crippen LogP contribution in [0.1, 0.15) is 28.8 Å². The SMILES string of the molecule is COc1ccc(NC(C)=O)cc1NC(=O)c1cc(C)oc1C. The van der Waals surface area contributed by atoms with Gasteiger partial charge in [0.15, 0.2) is 0 Å². The van der Waals surface area contributed by atoms with E-state index in [0.717, 1.165) is 0 Å². The topological polar surface area (TPSA) is 80.6 Å². The van der Waals surface area contributed by atoms with E-state index in [1.54, 1.807) is 38.1 Å². The van der Waals surface area contributed by atoms with Crippen molar-refractivity contribution in [2.45, 2.75) is 20.8 Å². The molecule has 0 atom stereocenters. The zero-order valence-corrected chi connectivity index (χ0v) is 12.9. The van der Waals surface area contributed by atoms with Crippen LogP contribution < -0.4 is 15.4 Å². The second-order valence-corrected chi connectivity index (χ2v) is 4.88. The van der Waals surface area contributed by atoms with Crippen LogP contribution >= 0.6 is 0 Å². The van der Waals surface area contributed by atoms with E-state index >= 15 is 0 Å². The van der Waals surface area contributed by atoms with Gasteiger partial charge in [0.25, 0.3) is 5.91 Å². The predicted molar refractivity (Wildman–Crippen MR) is 83.4 cm³/mol. The summed E-state index contributed by atoms with van der Waals surface area (Å²) in [6, 6.07) is 6.69. The van der Waals surface area contributed by atoms with Crippen molar-refractivity contribution >= 4 is 23.2 Å². The third-order valence-corrected chi connectivity index (χ3v) is 3.05. The molecule has 2 rings (SSSR count). The Morgan fingerprint density at radius 2 is 1.86 bits per heavy atom. The summed E-state index contributed by atoms with van der Waals surface area (Å²) < 4.78 is 10.6. The second-order valence-electron chi connectivity index (χ2n) is 4.88. The van der Waals surface area contributed by atoms with Gasteiger partial charge in [0.1, 0.15) is 17.3 Å². The zero-order chi connectivity index (χ0) is 16.3. The molecule has 0 fully saturated rings. The third kappa shape index (κ3) is 3.46. The Labute approximate surface area is 128 Å². The van der Waals surface area contributed by atoms with Crippen molar-refractivity contribution in [2.75, 3.05) is 17.7 Å². The van der Waals surface area contributed by atoms with E-state index in [1.807, 2.05) is 0 Å². The van der Waals surface area contributed by atoms with E-state index in [1.165, 1.54) is 14.0 Å². The Balaban J connectivity index is 2.28. The second kappa shape index (κ2) is 6.34. The normalized spacial score (nSPS) is 10.2. The summed E-state index contributed by atoms with van der Waals surface area (Å²) in [6.45, 7) is 4.93. The van der Waals surface area contributed by atoms with Gasteiger partial charge in [0, 0.05) is 12.6 Å². The number of nitrogens with one attached hydrogen (secondary N) is 2. The zero-order valence-electron chi connectivity index (χ0n) is 12.9. The first-order valence-electron chi connectivity index (χ1n) is 6.74. The molecule has 116 valence electrons. The van der Waals surface area contributed by atoms with Gasteiger partial charge in [0.05, 0.1) is 18.4 Å². The van der Waals surface area contributed by atoms with Gasteiger partial charge in [-0.15, -0.1) is 0 Å². The minimum atomic E-state index is -0.298. The molecule has 0 bridgehead atoms. The molecule has 2 aromatic rings. The molecule has 0 aliphatic carbocycles. The molecule has 0 radical (unpaired) electrons. The maximum atomic E-state index is 12.3. The van der Waals surface area contributed by atoms with Crippen molar-refractivity contribution in [2.24, 2.45) is 0 Å². The molecular formula is C16H18N2O4. The molecule has 0 aliphatic heterocycles. The number of benzene rings is 1. The van der Waals surface area contributed by atoms with Crippen molar-refractivity contribution in [3.05, 3.63) is 41.3 Å². The summed E-state index contributed by atoms with van der Waals surface area (Å²) in [6.07, 6.45) is 0. The van der Waals surface area contributed by atoms with Crippen LogP contribution in [0.3, 0.4) is 0 Å². The minimum Gasteiger partial charge on any atom is -0.495 e. The predicted octanol–water partition coefficient (Wildman–Crippen LogP) is 3.12. The molecule has 1 aromatic heterocycles. The standard InChI is InChI=1S/C16H18N2O4/c1-9-7-13(10(2)22-9)16(20)18-14-8-12(17-11(3)19)5-6-15(14)21-4/h5-8H,1-4H3,(H,17,19)(H,18,20). The van der Waals surface area contributed by atoms with Crippen molar-refractivity contribution in [3.8, 4) is 5.75 Å². The van der Waals surface area contributed by atoms with Crippen molar-refractivity contribution in [3.63, 3.8) is 0 Å². The van der Waals surface area contributed by atoms with E-state index in [4.69, 9.17) is 9.15 Å². The number of furan rings is 1. The van der Waals surface area contributed by atoms with Gasteiger partial charge in [0.2, 0.25) is 5.91 Å². The van der Waals surface area contributed by atoms with Gasteiger partial charge in [-0.2, -0.15) is 0 Å². The molecule has 6 heteroatoms. The van der Waals surface area contributed by atoms with Gasteiger partial charge < -0.3 is 19.8 Å². The van der Waals surface area contributed by atoms with Crippen molar-refractivity contribution in [1.82, 2.24) is 0 Å². The van der Waals surface area contributed by atoms with Crippen molar-refractivity contribution in [1.29, 1.82) is 0 Å². The fourth-order valence-corrected chi connectivity index (χ4v) is 2.13. The van der Waals surface area contributed by atoms with Gasteiger partial charge in [-0.05, 0) is 38.1 Å². The lowest BCUT2D eigenvalue weighted by Crippen LogP contribution is -2.13. The van der Waals surface area contributed by atoms with Gasteiger partial charge in [-0.1, -0.05) is 0 Å². The summed E-state index contributed by atoms with van der Waals surface area (Å²) in [7, 11) is 1.51. The third-order valence-electron chi connectivity index (χ3n) is 3.05. The van der Waals surface area contributed by atoms with Crippen LogP contribution in [0.25, 0.3) is 0 Å². The van der Waals surface area contributed by atoms with E-state index in [2.05, 4.69) is 10.6 Å². The van der Waals surface area contributed by atoms with E-state index in [9.17, 15) is 9.59 Å². The highest BCUT2D eigenvalue weighted by Gasteiger charge is 2.16. The molecule has 0 unspecified atom stereocenters. The minimum absolute atomic E-state index is 0.191. The van der Waals surface area contributed by atoms with Gasteiger partial charge in [-0.3, -0.25) is 9.59 Å². The Bertz CT molecular complexity index is 719. The molecule has 0 aliphatic rings. The number of hydrogen-bond acceptors (Lipinski definition) is 4. The number of carbonyl (C=O) groups is 2. The Kier molecular flexibility index (Phi) is 4.50. The molecule has 0 spiro atoms. The van der Waals surface area contributed by atoms with Crippen molar-refractivity contribution < 1.29 is 18.7 Å². The van der Waals surface area contributed by atoms with E-state index in [-0.39, 0.29) is 11.8 Å². The average Bonchev–Trinajstić information content (AvgIpc) is 2.77. The monoisotopic (exact) mass is 302 g/mol. The first-order valence-corrected chi connectivity index (χ1v) is 6.74. The van der Waals surface area contributed by atoms with Gasteiger partial charge >= 0.3 is 0 Å². The maximum absolute atomic E-state index is 12.3. The number of methoxy groups -OCH3 is 1. The molecule has 1 aromatic carbocycles. The maximum Gasteiger partial charge on any atom is 0.259 e. The average molecular weight is 302 g/mol.